The third-order valence-corrected chi connectivity index (χ3v) is 7.06. The van der Waals surface area contributed by atoms with Crippen molar-refractivity contribution in [2.75, 3.05) is 49.1 Å². The van der Waals surface area contributed by atoms with Crippen LogP contribution in [0.25, 0.3) is 10.9 Å². The second kappa shape index (κ2) is 8.62. The maximum Gasteiger partial charge on any atom is 0.225 e. The maximum atomic E-state index is 13.2. The molecule has 2 fully saturated rings. The number of pyridine rings is 1. The van der Waals surface area contributed by atoms with Crippen molar-refractivity contribution in [3.63, 3.8) is 0 Å². The van der Waals surface area contributed by atoms with E-state index in [0.29, 0.717) is 5.91 Å². The molecule has 8 heteroatoms. The summed E-state index contributed by atoms with van der Waals surface area (Å²) < 4.78 is 1.92. The van der Waals surface area contributed by atoms with Gasteiger partial charge >= 0.3 is 0 Å². The molecule has 2 saturated heterocycles. The molecule has 32 heavy (non-hydrogen) atoms. The van der Waals surface area contributed by atoms with Crippen molar-refractivity contribution in [2.24, 2.45) is 13.0 Å². The smallest absolute Gasteiger partial charge is 0.225 e. The van der Waals surface area contributed by atoms with Crippen LogP contribution in [-0.2, 0) is 11.8 Å². The number of aromatic nitrogens is 3. The molecule has 0 radical (unpaired) electrons. The topological polar surface area (TPSA) is 57.5 Å². The van der Waals surface area contributed by atoms with Crippen LogP contribution in [0.15, 0.2) is 36.5 Å². The Morgan fingerprint density at radius 3 is 2.50 bits per heavy atom. The molecule has 5 rings (SSSR count). The van der Waals surface area contributed by atoms with E-state index in [0.717, 1.165) is 85.2 Å². The van der Waals surface area contributed by atoms with Crippen LogP contribution >= 0.6 is 11.6 Å². The molecule has 7 nitrogen and oxygen atoms in total. The molecule has 1 aromatic carbocycles. The second-order valence-corrected chi connectivity index (χ2v) is 9.23. The maximum absolute atomic E-state index is 13.2. The van der Waals surface area contributed by atoms with Gasteiger partial charge in [0.05, 0.1) is 5.69 Å². The van der Waals surface area contributed by atoms with E-state index in [1.165, 1.54) is 0 Å². The number of hydrogen-bond acceptors (Lipinski definition) is 5. The van der Waals surface area contributed by atoms with Crippen LogP contribution in [0, 0.1) is 12.8 Å². The average Bonchev–Trinajstić information content (AvgIpc) is 3.12. The lowest BCUT2D eigenvalue weighted by Gasteiger charge is -2.39. The van der Waals surface area contributed by atoms with E-state index in [-0.39, 0.29) is 5.92 Å². The van der Waals surface area contributed by atoms with Crippen LogP contribution in [0.4, 0.5) is 11.5 Å². The molecule has 0 aliphatic carbocycles. The molecule has 3 aromatic rings. The summed E-state index contributed by atoms with van der Waals surface area (Å²) in [6, 6.07) is 9.97. The van der Waals surface area contributed by atoms with E-state index >= 15 is 0 Å². The highest BCUT2D eigenvalue weighted by Gasteiger charge is 2.31. The Morgan fingerprint density at radius 1 is 1.03 bits per heavy atom. The summed E-state index contributed by atoms with van der Waals surface area (Å²) >= 11 is 6.14. The van der Waals surface area contributed by atoms with Crippen LogP contribution in [0.3, 0.4) is 0 Å². The van der Waals surface area contributed by atoms with Gasteiger partial charge in [-0.3, -0.25) is 9.48 Å². The van der Waals surface area contributed by atoms with Crippen molar-refractivity contribution in [1.29, 1.82) is 0 Å². The number of carbonyl (C=O) groups is 1. The molecule has 2 aromatic heterocycles. The van der Waals surface area contributed by atoms with Crippen LogP contribution in [0.1, 0.15) is 18.5 Å². The van der Waals surface area contributed by atoms with Crippen LogP contribution in [0.2, 0.25) is 5.02 Å². The van der Waals surface area contributed by atoms with Gasteiger partial charge in [-0.15, -0.1) is 0 Å². The van der Waals surface area contributed by atoms with Gasteiger partial charge in [0.25, 0.3) is 0 Å². The molecule has 168 valence electrons. The van der Waals surface area contributed by atoms with Gasteiger partial charge < -0.3 is 14.7 Å². The lowest BCUT2D eigenvalue weighted by molar-refractivity contribution is -0.136. The number of fused-ring (bicyclic) bond motifs is 1. The standard InChI is InChI=1S/C24H29ClN6O/c1-17-21-6-9-26-23(22(21)28(2)27-17)30-10-7-18(8-11-30)24(32)31-14-12-29(13-15-31)20-5-3-4-19(25)16-20/h3-6,9,16,18H,7-8,10-15H2,1-2H3. The second-order valence-electron chi connectivity index (χ2n) is 8.79. The van der Waals surface area contributed by atoms with Gasteiger partial charge in [-0.25, -0.2) is 4.98 Å². The SMILES string of the molecule is Cc1nn(C)c2c(N3CCC(C(=O)N4CCN(c5cccc(Cl)c5)CC4)CC3)nccc12. The molecule has 1 amide bonds. The van der Waals surface area contributed by atoms with E-state index in [1.807, 2.05) is 54.0 Å². The van der Waals surface area contributed by atoms with Gasteiger partial charge in [0.15, 0.2) is 5.82 Å². The summed E-state index contributed by atoms with van der Waals surface area (Å²) in [5.74, 6) is 1.38. The highest BCUT2D eigenvalue weighted by Crippen LogP contribution is 2.30. The summed E-state index contributed by atoms with van der Waals surface area (Å²) in [5.41, 5.74) is 3.23. The van der Waals surface area contributed by atoms with Gasteiger partial charge in [0, 0.05) is 74.5 Å². The van der Waals surface area contributed by atoms with Gasteiger partial charge in [-0.05, 0) is 44.0 Å². The fourth-order valence-corrected chi connectivity index (χ4v) is 5.25. The third kappa shape index (κ3) is 3.90. The largest absolute Gasteiger partial charge is 0.368 e. The summed E-state index contributed by atoms with van der Waals surface area (Å²) in [5, 5.41) is 6.46. The quantitative estimate of drug-likeness (QED) is 0.608. The average molecular weight is 453 g/mol. The molecule has 0 unspecified atom stereocenters. The molecular weight excluding hydrogens is 424 g/mol. The number of aryl methyl sites for hydroxylation is 2. The van der Waals surface area contributed by atoms with Gasteiger partial charge in [-0.2, -0.15) is 5.10 Å². The Bertz CT molecular complexity index is 1130. The zero-order valence-corrected chi connectivity index (χ0v) is 19.4. The minimum Gasteiger partial charge on any atom is -0.368 e. The first kappa shape index (κ1) is 21.1. The Kier molecular flexibility index (Phi) is 5.67. The summed E-state index contributed by atoms with van der Waals surface area (Å²) in [6.45, 7) is 6.93. The summed E-state index contributed by atoms with van der Waals surface area (Å²) in [6.07, 6.45) is 3.59. The monoisotopic (exact) mass is 452 g/mol. The van der Waals surface area contributed by atoms with E-state index in [4.69, 9.17) is 11.6 Å². The highest BCUT2D eigenvalue weighted by molar-refractivity contribution is 6.30. The first-order valence-electron chi connectivity index (χ1n) is 11.3. The number of piperidine rings is 1. The van der Waals surface area contributed by atoms with E-state index in [2.05, 4.69) is 25.9 Å². The van der Waals surface area contributed by atoms with Gasteiger partial charge in [0.1, 0.15) is 5.52 Å². The summed E-state index contributed by atoms with van der Waals surface area (Å²) in [7, 11) is 1.97. The normalized spacial score (nSPS) is 17.9. The molecule has 0 saturated carbocycles. The Labute approximate surface area is 193 Å². The Morgan fingerprint density at radius 2 is 1.78 bits per heavy atom. The molecule has 0 N–H and O–H groups in total. The molecule has 0 atom stereocenters. The van der Waals surface area contributed by atoms with Crippen molar-refractivity contribution in [3.8, 4) is 0 Å². The van der Waals surface area contributed by atoms with Gasteiger partial charge in [0.2, 0.25) is 5.91 Å². The van der Waals surface area contributed by atoms with Gasteiger partial charge in [-0.1, -0.05) is 17.7 Å². The van der Waals surface area contributed by atoms with E-state index in [9.17, 15) is 4.79 Å². The summed E-state index contributed by atoms with van der Waals surface area (Å²) in [4.78, 5) is 24.5. The highest BCUT2D eigenvalue weighted by atomic mass is 35.5. The Hall–Kier alpha value is -2.80. The number of halogens is 1. The fraction of sp³-hybridized carbons (Fsp3) is 0.458. The van der Waals surface area contributed by atoms with Crippen LogP contribution < -0.4 is 9.80 Å². The Balaban J connectivity index is 1.20. The molecule has 2 aliphatic heterocycles. The minimum atomic E-state index is 0.0939. The van der Waals surface area contributed by atoms with Crippen LogP contribution in [0.5, 0.6) is 0 Å². The fourth-order valence-electron chi connectivity index (χ4n) is 5.07. The number of nitrogens with zero attached hydrogens (tertiary/aromatic N) is 6. The van der Waals surface area contributed by atoms with Crippen molar-refractivity contribution >= 4 is 39.9 Å². The number of amides is 1. The number of piperazine rings is 1. The molecule has 4 heterocycles. The zero-order chi connectivity index (χ0) is 22.2. The predicted molar refractivity (Wildman–Crippen MR) is 128 cm³/mol. The predicted octanol–water partition coefficient (Wildman–Crippen LogP) is 3.50. The zero-order valence-electron chi connectivity index (χ0n) is 18.7. The number of carbonyl (C=O) groups excluding carboxylic acids is 1. The first-order valence-corrected chi connectivity index (χ1v) is 11.7. The molecule has 2 aliphatic rings. The minimum absolute atomic E-state index is 0.0939. The van der Waals surface area contributed by atoms with Crippen molar-refractivity contribution in [3.05, 3.63) is 47.2 Å². The number of rotatable bonds is 3. The molecular formula is C24H29ClN6O. The van der Waals surface area contributed by atoms with Crippen molar-refractivity contribution < 1.29 is 4.79 Å². The third-order valence-electron chi connectivity index (χ3n) is 6.83. The first-order chi connectivity index (χ1) is 15.5. The molecule has 0 bridgehead atoms. The number of benzene rings is 1. The number of hydrogen-bond donors (Lipinski definition) is 0. The van der Waals surface area contributed by atoms with E-state index in [1.54, 1.807) is 0 Å². The van der Waals surface area contributed by atoms with Crippen molar-refractivity contribution in [2.45, 2.75) is 19.8 Å². The number of anilines is 2. The van der Waals surface area contributed by atoms with E-state index < -0.39 is 0 Å². The van der Waals surface area contributed by atoms with Crippen LogP contribution in [-0.4, -0.2) is 64.8 Å². The lowest BCUT2D eigenvalue weighted by atomic mass is 9.94. The van der Waals surface area contributed by atoms with Crippen molar-refractivity contribution in [1.82, 2.24) is 19.7 Å². The molecule has 0 spiro atoms. The lowest BCUT2D eigenvalue weighted by Crippen LogP contribution is -2.51.